The van der Waals surface area contributed by atoms with E-state index in [0.29, 0.717) is 12.0 Å². The summed E-state index contributed by atoms with van der Waals surface area (Å²) in [5.74, 6) is -0.132. The third kappa shape index (κ3) is 5.06. The van der Waals surface area contributed by atoms with E-state index in [2.05, 4.69) is 37.9 Å². The molecule has 4 nitrogen and oxygen atoms in total. The normalized spacial score (nSPS) is 21.9. The minimum atomic E-state index is -0.586. The highest BCUT2D eigenvalue weighted by Crippen LogP contribution is 2.29. The zero-order valence-corrected chi connectivity index (χ0v) is 14.1. The van der Waals surface area contributed by atoms with Crippen LogP contribution < -0.4 is 5.32 Å². The van der Waals surface area contributed by atoms with E-state index in [4.69, 9.17) is 4.74 Å². The zero-order chi connectivity index (χ0) is 15.4. The molecule has 1 heterocycles. The summed E-state index contributed by atoms with van der Waals surface area (Å²) in [6.45, 7) is 16.2. The molecular weight excluding hydrogens is 252 g/mol. The summed E-state index contributed by atoms with van der Waals surface area (Å²) >= 11 is 0. The quantitative estimate of drug-likeness (QED) is 0.729. The van der Waals surface area contributed by atoms with Gasteiger partial charge in [0.05, 0.1) is 6.61 Å². The fraction of sp³-hybridized carbons (Fsp3) is 0.938. The number of hydrogen-bond acceptors (Lipinski definition) is 4. The Kier molecular flexibility index (Phi) is 6.02. The standard InChI is InChI=1S/C16H32N2O2/c1-7-20-14(19)16(6,17-13(2)3)9-11-18-10-8-15(4,5)12-18/h13,17H,7-12H2,1-6H3. The van der Waals surface area contributed by atoms with E-state index in [1.807, 2.05) is 13.8 Å². The Morgan fingerprint density at radius 1 is 1.45 bits per heavy atom. The van der Waals surface area contributed by atoms with Crippen molar-refractivity contribution in [1.82, 2.24) is 10.2 Å². The van der Waals surface area contributed by atoms with Crippen molar-refractivity contribution in [3.63, 3.8) is 0 Å². The van der Waals surface area contributed by atoms with Crippen LogP contribution in [0.2, 0.25) is 0 Å². The number of hydrogen-bond donors (Lipinski definition) is 1. The fourth-order valence-electron chi connectivity index (χ4n) is 2.96. The van der Waals surface area contributed by atoms with Crippen LogP contribution in [0.1, 0.15) is 54.4 Å². The van der Waals surface area contributed by atoms with Gasteiger partial charge in [-0.25, -0.2) is 0 Å². The first-order valence-electron chi connectivity index (χ1n) is 7.86. The molecule has 0 aromatic carbocycles. The van der Waals surface area contributed by atoms with Gasteiger partial charge in [-0.1, -0.05) is 13.8 Å². The summed E-state index contributed by atoms with van der Waals surface area (Å²) in [7, 11) is 0. The number of nitrogens with zero attached hydrogens (tertiary/aromatic N) is 1. The molecule has 1 saturated heterocycles. The van der Waals surface area contributed by atoms with Crippen molar-refractivity contribution in [2.24, 2.45) is 5.41 Å². The molecule has 0 radical (unpaired) electrons. The largest absolute Gasteiger partial charge is 0.465 e. The van der Waals surface area contributed by atoms with Crippen molar-refractivity contribution in [2.45, 2.75) is 66.0 Å². The van der Waals surface area contributed by atoms with Gasteiger partial charge in [0, 0.05) is 19.1 Å². The monoisotopic (exact) mass is 284 g/mol. The number of rotatable bonds is 7. The van der Waals surface area contributed by atoms with Gasteiger partial charge in [0.1, 0.15) is 5.54 Å². The van der Waals surface area contributed by atoms with E-state index in [0.717, 1.165) is 26.1 Å². The third-order valence-corrected chi connectivity index (χ3v) is 4.02. The van der Waals surface area contributed by atoms with Gasteiger partial charge in [-0.3, -0.25) is 10.1 Å². The lowest BCUT2D eigenvalue weighted by Gasteiger charge is -2.32. The van der Waals surface area contributed by atoms with Gasteiger partial charge in [0.15, 0.2) is 0 Å². The van der Waals surface area contributed by atoms with Gasteiger partial charge < -0.3 is 9.64 Å². The second-order valence-corrected chi connectivity index (χ2v) is 7.29. The maximum Gasteiger partial charge on any atom is 0.326 e. The van der Waals surface area contributed by atoms with E-state index in [-0.39, 0.29) is 12.0 Å². The fourth-order valence-corrected chi connectivity index (χ4v) is 2.96. The van der Waals surface area contributed by atoms with Crippen molar-refractivity contribution in [3.8, 4) is 0 Å². The molecule has 118 valence electrons. The van der Waals surface area contributed by atoms with Crippen LogP contribution in [0.4, 0.5) is 0 Å². The number of ether oxygens (including phenoxy) is 1. The Morgan fingerprint density at radius 3 is 2.55 bits per heavy atom. The van der Waals surface area contributed by atoms with Gasteiger partial charge in [-0.15, -0.1) is 0 Å². The summed E-state index contributed by atoms with van der Waals surface area (Å²) in [5, 5.41) is 3.38. The van der Waals surface area contributed by atoms with Gasteiger partial charge in [-0.05, 0) is 52.5 Å². The molecule has 1 atom stereocenters. The predicted octanol–water partition coefficient (Wildman–Crippen LogP) is 2.43. The third-order valence-electron chi connectivity index (χ3n) is 4.02. The van der Waals surface area contributed by atoms with Crippen LogP contribution in [0, 0.1) is 5.41 Å². The van der Waals surface area contributed by atoms with Crippen LogP contribution in [0.15, 0.2) is 0 Å². The van der Waals surface area contributed by atoms with E-state index >= 15 is 0 Å². The number of carbonyl (C=O) groups excluding carboxylic acids is 1. The molecule has 0 saturated carbocycles. The lowest BCUT2D eigenvalue weighted by molar-refractivity contribution is -0.151. The Bertz CT molecular complexity index is 328. The van der Waals surface area contributed by atoms with Gasteiger partial charge in [-0.2, -0.15) is 0 Å². The Morgan fingerprint density at radius 2 is 2.10 bits per heavy atom. The molecule has 0 aromatic heterocycles. The molecule has 0 bridgehead atoms. The maximum atomic E-state index is 12.2. The average molecular weight is 284 g/mol. The average Bonchev–Trinajstić information content (AvgIpc) is 2.66. The van der Waals surface area contributed by atoms with Crippen LogP contribution in [0.5, 0.6) is 0 Å². The summed E-state index contributed by atoms with van der Waals surface area (Å²) in [4.78, 5) is 14.7. The molecule has 1 unspecified atom stereocenters. The second-order valence-electron chi connectivity index (χ2n) is 7.29. The van der Waals surface area contributed by atoms with Crippen molar-refractivity contribution in [2.75, 3.05) is 26.2 Å². The Balaban J connectivity index is 2.59. The van der Waals surface area contributed by atoms with Crippen LogP contribution in [0.25, 0.3) is 0 Å². The summed E-state index contributed by atoms with van der Waals surface area (Å²) < 4.78 is 5.24. The van der Waals surface area contributed by atoms with Crippen LogP contribution in [-0.2, 0) is 9.53 Å². The Hall–Kier alpha value is -0.610. The maximum absolute atomic E-state index is 12.2. The molecule has 1 aliphatic heterocycles. The van der Waals surface area contributed by atoms with Crippen molar-refractivity contribution >= 4 is 5.97 Å². The lowest BCUT2D eigenvalue weighted by atomic mass is 9.93. The highest BCUT2D eigenvalue weighted by atomic mass is 16.5. The molecule has 0 amide bonds. The first-order chi connectivity index (χ1) is 9.18. The van der Waals surface area contributed by atoms with E-state index in [9.17, 15) is 4.79 Å². The highest BCUT2D eigenvalue weighted by Gasteiger charge is 2.37. The minimum absolute atomic E-state index is 0.132. The Labute approximate surface area is 124 Å². The first-order valence-corrected chi connectivity index (χ1v) is 7.86. The molecule has 0 aliphatic carbocycles. The number of esters is 1. The van der Waals surface area contributed by atoms with Crippen LogP contribution >= 0.6 is 0 Å². The molecule has 1 fully saturated rings. The molecule has 0 aromatic rings. The molecule has 1 rings (SSSR count). The SMILES string of the molecule is CCOC(=O)C(C)(CCN1CCC(C)(C)C1)NC(C)C. The summed E-state index contributed by atoms with van der Waals surface area (Å²) in [5.41, 5.74) is -0.178. The van der Waals surface area contributed by atoms with E-state index in [1.54, 1.807) is 0 Å². The first kappa shape index (κ1) is 17.4. The smallest absolute Gasteiger partial charge is 0.326 e. The minimum Gasteiger partial charge on any atom is -0.465 e. The summed E-state index contributed by atoms with van der Waals surface area (Å²) in [6, 6.07) is 0.263. The highest BCUT2D eigenvalue weighted by molar-refractivity contribution is 5.80. The van der Waals surface area contributed by atoms with Crippen molar-refractivity contribution in [3.05, 3.63) is 0 Å². The predicted molar refractivity (Wildman–Crippen MR) is 82.8 cm³/mol. The van der Waals surface area contributed by atoms with E-state index < -0.39 is 5.54 Å². The molecule has 20 heavy (non-hydrogen) atoms. The van der Waals surface area contributed by atoms with Crippen LogP contribution in [0.3, 0.4) is 0 Å². The molecule has 1 N–H and O–H groups in total. The number of likely N-dealkylation sites (tertiary alicyclic amines) is 1. The molecule has 1 aliphatic rings. The second kappa shape index (κ2) is 6.90. The topological polar surface area (TPSA) is 41.6 Å². The van der Waals surface area contributed by atoms with Crippen molar-refractivity contribution in [1.29, 1.82) is 0 Å². The van der Waals surface area contributed by atoms with Crippen molar-refractivity contribution < 1.29 is 9.53 Å². The number of nitrogens with one attached hydrogen (secondary N) is 1. The number of carbonyl (C=O) groups is 1. The summed E-state index contributed by atoms with van der Waals surface area (Å²) in [6.07, 6.45) is 2.03. The van der Waals surface area contributed by atoms with Crippen LogP contribution in [-0.4, -0.2) is 48.7 Å². The molecule has 4 heteroatoms. The van der Waals surface area contributed by atoms with Gasteiger partial charge in [0.25, 0.3) is 0 Å². The molecular formula is C16H32N2O2. The zero-order valence-electron chi connectivity index (χ0n) is 14.1. The van der Waals surface area contributed by atoms with Gasteiger partial charge >= 0.3 is 5.97 Å². The molecule has 0 spiro atoms. The van der Waals surface area contributed by atoms with Gasteiger partial charge in [0.2, 0.25) is 0 Å². The lowest BCUT2D eigenvalue weighted by Crippen LogP contribution is -2.54. The van der Waals surface area contributed by atoms with E-state index in [1.165, 1.54) is 6.42 Å².